The fourth-order valence-corrected chi connectivity index (χ4v) is 4.60. The monoisotopic (exact) mass is 536 g/mol. The van der Waals surface area contributed by atoms with Crippen molar-refractivity contribution < 1.29 is 13.2 Å². The Labute approximate surface area is 222 Å². The van der Waals surface area contributed by atoms with Gasteiger partial charge in [-0.25, -0.2) is 28.1 Å². The molecule has 4 heterocycles. The third kappa shape index (κ3) is 5.12. The van der Waals surface area contributed by atoms with E-state index in [0.717, 1.165) is 35.3 Å². The molecule has 1 aliphatic heterocycles. The van der Waals surface area contributed by atoms with Gasteiger partial charge in [-0.2, -0.15) is 5.10 Å². The normalized spacial score (nSPS) is 16.0. The number of piperazine rings is 1. The molecule has 4 N–H and O–H groups in total. The van der Waals surface area contributed by atoms with E-state index in [1.165, 1.54) is 24.5 Å². The zero-order valence-corrected chi connectivity index (χ0v) is 21.1. The molecule has 4 aromatic rings. The first-order chi connectivity index (χ1) is 18.8. The van der Waals surface area contributed by atoms with Gasteiger partial charge >= 0.3 is 0 Å². The van der Waals surface area contributed by atoms with Gasteiger partial charge in [0.15, 0.2) is 5.84 Å². The van der Waals surface area contributed by atoms with Crippen LogP contribution in [0.15, 0.2) is 66.3 Å². The number of aromatic nitrogens is 5. The van der Waals surface area contributed by atoms with Gasteiger partial charge in [0.25, 0.3) is 6.43 Å². The van der Waals surface area contributed by atoms with Gasteiger partial charge in [0.2, 0.25) is 5.95 Å². The van der Waals surface area contributed by atoms with Crippen LogP contribution < -0.4 is 10.6 Å². The Morgan fingerprint density at radius 3 is 2.36 bits per heavy atom. The first-order valence-corrected chi connectivity index (χ1v) is 12.2. The fraction of sp³-hybridized carbons (Fsp3) is 0.269. The Morgan fingerprint density at radius 1 is 1.08 bits per heavy atom. The van der Waals surface area contributed by atoms with Crippen LogP contribution >= 0.6 is 0 Å². The molecule has 0 saturated carbocycles. The molecule has 5 rings (SSSR count). The number of aryl methyl sites for hydroxylation is 1. The number of rotatable bonds is 7. The van der Waals surface area contributed by atoms with Gasteiger partial charge in [-0.15, -0.1) is 0 Å². The van der Waals surface area contributed by atoms with Crippen molar-refractivity contribution >= 4 is 18.1 Å². The SMILES string of the molecule is Cn1cc(-c2c[nH]c(C(=NC=N)N3CCN(c4ncc([C@](N)(c5ccc(F)cc5)C(F)F)cn4)CC3)c2)cn1. The van der Waals surface area contributed by atoms with E-state index < -0.39 is 17.8 Å². The minimum Gasteiger partial charge on any atom is -0.358 e. The fourth-order valence-electron chi connectivity index (χ4n) is 4.60. The summed E-state index contributed by atoms with van der Waals surface area (Å²) < 4.78 is 43.3. The number of nitrogens with zero attached hydrogens (tertiary/aromatic N) is 7. The molecule has 1 aliphatic rings. The second-order valence-electron chi connectivity index (χ2n) is 9.21. The van der Waals surface area contributed by atoms with Crippen LogP contribution in [0.2, 0.25) is 0 Å². The molecule has 0 aliphatic carbocycles. The van der Waals surface area contributed by atoms with Crippen LogP contribution in [0.1, 0.15) is 16.8 Å². The number of amidine groups is 1. The van der Waals surface area contributed by atoms with Crippen LogP contribution in [0.5, 0.6) is 0 Å². The van der Waals surface area contributed by atoms with Crippen LogP contribution in [0.3, 0.4) is 0 Å². The van der Waals surface area contributed by atoms with Crippen molar-refractivity contribution in [3.8, 4) is 11.1 Å². The summed E-state index contributed by atoms with van der Waals surface area (Å²) in [6.45, 7) is 2.25. The third-order valence-electron chi connectivity index (χ3n) is 6.79. The second-order valence-corrected chi connectivity index (χ2v) is 9.21. The highest BCUT2D eigenvalue weighted by molar-refractivity contribution is 6.01. The van der Waals surface area contributed by atoms with Gasteiger partial charge in [0.05, 0.1) is 11.9 Å². The van der Waals surface area contributed by atoms with Crippen LogP contribution in [0.4, 0.5) is 19.1 Å². The minimum absolute atomic E-state index is 0.0306. The molecule has 202 valence electrons. The average molecular weight is 537 g/mol. The number of aromatic amines is 1. The van der Waals surface area contributed by atoms with E-state index >= 15 is 0 Å². The second kappa shape index (κ2) is 10.7. The summed E-state index contributed by atoms with van der Waals surface area (Å²) in [4.78, 5) is 20.2. The number of benzene rings is 1. The van der Waals surface area contributed by atoms with Crippen molar-refractivity contribution in [3.63, 3.8) is 0 Å². The number of nitrogens with two attached hydrogens (primary N) is 1. The molecule has 13 heteroatoms. The average Bonchev–Trinajstić information content (AvgIpc) is 3.61. The van der Waals surface area contributed by atoms with E-state index in [1.807, 2.05) is 30.4 Å². The lowest BCUT2D eigenvalue weighted by Crippen LogP contribution is -2.50. The molecule has 39 heavy (non-hydrogen) atoms. The zero-order valence-electron chi connectivity index (χ0n) is 21.1. The number of aliphatic imine (C=N–C) groups is 1. The maximum Gasteiger partial charge on any atom is 0.264 e. The Bertz CT molecular complexity index is 1450. The van der Waals surface area contributed by atoms with Crippen molar-refractivity contribution in [1.82, 2.24) is 29.6 Å². The van der Waals surface area contributed by atoms with Gasteiger partial charge in [0, 0.05) is 74.7 Å². The maximum atomic E-state index is 14.1. The van der Waals surface area contributed by atoms with Crippen molar-refractivity contribution in [3.05, 3.63) is 84.0 Å². The standard InChI is InChI=1S/C26H27F3N10/c1-37-15-18(12-36-37)17-10-22(32-11-17)23(35-16-30)38-6-8-39(9-7-38)25-33-13-20(14-34-25)26(31,24(28)29)19-2-4-21(27)5-3-19/h2-5,10-16,24,30,32H,6-9,31H2,1H3/t26-/m1/s1. The minimum atomic E-state index is -2.96. The predicted octanol–water partition coefficient (Wildman–Crippen LogP) is 2.99. The van der Waals surface area contributed by atoms with Crippen molar-refractivity contribution in [2.75, 3.05) is 31.1 Å². The molecule has 1 saturated heterocycles. The summed E-state index contributed by atoms with van der Waals surface area (Å²) in [5.74, 6) is 0.485. The Balaban J connectivity index is 1.29. The van der Waals surface area contributed by atoms with Gasteiger partial charge in [-0.05, 0) is 23.8 Å². The molecule has 0 amide bonds. The van der Waals surface area contributed by atoms with Crippen molar-refractivity contribution in [2.45, 2.75) is 12.0 Å². The van der Waals surface area contributed by atoms with E-state index in [1.54, 1.807) is 10.9 Å². The molecule has 1 fully saturated rings. The molecule has 0 bridgehead atoms. The number of halogens is 3. The van der Waals surface area contributed by atoms with Crippen LogP contribution in [0, 0.1) is 11.2 Å². The van der Waals surface area contributed by atoms with Crippen LogP contribution in [-0.4, -0.2) is 74.4 Å². The smallest absolute Gasteiger partial charge is 0.264 e. The predicted molar refractivity (Wildman–Crippen MR) is 142 cm³/mol. The number of alkyl halides is 2. The highest BCUT2D eigenvalue weighted by Crippen LogP contribution is 2.33. The van der Waals surface area contributed by atoms with Crippen LogP contribution in [0.25, 0.3) is 11.1 Å². The Hall–Kier alpha value is -4.52. The van der Waals surface area contributed by atoms with Crippen LogP contribution in [-0.2, 0) is 12.6 Å². The highest BCUT2D eigenvalue weighted by atomic mass is 19.3. The lowest BCUT2D eigenvalue weighted by Gasteiger charge is -2.36. The molecule has 0 radical (unpaired) electrons. The Morgan fingerprint density at radius 2 is 1.77 bits per heavy atom. The molecular weight excluding hydrogens is 509 g/mol. The summed E-state index contributed by atoms with van der Waals surface area (Å²) >= 11 is 0. The lowest BCUT2D eigenvalue weighted by molar-refractivity contribution is 0.0738. The van der Waals surface area contributed by atoms with E-state index in [2.05, 4.69) is 29.9 Å². The Kier molecular flexibility index (Phi) is 7.15. The van der Waals surface area contributed by atoms with E-state index in [0.29, 0.717) is 38.0 Å². The van der Waals surface area contributed by atoms with E-state index in [9.17, 15) is 13.2 Å². The van der Waals surface area contributed by atoms with Gasteiger partial charge < -0.3 is 20.5 Å². The summed E-state index contributed by atoms with van der Waals surface area (Å²) in [6, 6.07) is 6.64. The largest absolute Gasteiger partial charge is 0.358 e. The van der Waals surface area contributed by atoms with E-state index in [-0.39, 0.29) is 11.1 Å². The molecule has 0 spiro atoms. The topological polar surface area (TPSA) is 128 Å². The van der Waals surface area contributed by atoms with E-state index in [4.69, 9.17) is 11.1 Å². The molecule has 1 atom stereocenters. The molecular formula is C26H27F3N10. The molecule has 3 aromatic heterocycles. The first-order valence-electron chi connectivity index (χ1n) is 12.2. The summed E-state index contributed by atoms with van der Waals surface area (Å²) in [7, 11) is 1.85. The first kappa shape index (κ1) is 26.1. The number of hydrogen-bond donors (Lipinski definition) is 3. The molecule has 1 aromatic carbocycles. The van der Waals surface area contributed by atoms with Gasteiger partial charge in [-0.1, -0.05) is 12.1 Å². The third-order valence-corrected chi connectivity index (χ3v) is 6.79. The maximum absolute atomic E-state index is 14.1. The van der Waals surface area contributed by atoms with Crippen molar-refractivity contribution in [2.24, 2.45) is 17.8 Å². The number of H-pyrrole nitrogens is 1. The quantitative estimate of drug-likeness (QED) is 0.246. The summed E-state index contributed by atoms with van der Waals surface area (Å²) in [5, 5.41) is 11.8. The number of nitrogens with one attached hydrogen (secondary N) is 2. The van der Waals surface area contributed by atoms with Gasteiger partial charge in [-0.3, -0.25) is 10.1 Å². The number of anilines is 1. The lowest BCUT2D eigenvalue weighted by atomic mass is 9.85. The molecule has 10 nitrogen and oxygen atoms in total. The van der Waals surface area contributed by atoms with Crippen molar-refractivity contribution in [1.29, 1.82) is 5.41 Å². The van der Waals surface area contributed by atoms with Gasteiger partial charge in [0.1, 0.15) is 17.7 Å². The highest BCUT2D eigenvalue weighted by Gasteiger charge is 2.40. The zero-order chi connectivity index (χ0) is 27.6. The number of hydrogen-bond acceptors (Lipinski definition) is 6. The summed E-state index contributed by atoms with van der Waals surface area (Å²) in [6.07, 6.45) is 6.22. The summed E-state index contributed by atoms with van der Waals surface area (Å²) in [5.41, 5.74) is 6.75. The molecule has 0 unspecified atom stereocenters.